The van der Waals surface area contributed by atoms with Gasteiger partial charge in [0.2, 0.25) is 0 Å². The molecule has 0 aliphatic heterocycles. The van der Waals surface area contributed by atoms with Gasteiger partial charge in [-0.2, -0.15) is 0 Å². The van der Waals surface area contributed by atoms with Crippen molar-refractivity contribution in [3.63, 3.8) is 0 Å². The minimum absolute atomic E-state index is 0.272. The summed E-state index contributed by atoms with van der Waals surface area (Å²) in [6.07, 6.45) is 6.95. The standard InChI is InChI=1S/C14H19NO3S/c1-9(14(17)18)15-13(16)12-8-10-6-4-2-3-5-7-11(10)19-12/h8-9H,2-7H2,1H3,(H,15,16)(H,17,18)/t9-/m1/s1. The van der Waals surface area contributed by atoms with Gasteiger partial charge in [-0.1, -0.05) is 12.8 Å². The Morgan fingerprint density at radius 2 is 1.95 bits per heavy atom. The van der Waals surface area contributed by atoms with Gasteiger partial charge in [-0.3, -0.25) is 9.59 Å². The van der Waals surface area contributed by atoms with Crippen LogP contribution >= 0.6 is 11.3 Å². The normalized spacial score (nSPS) is 16.9. The van der Waals surface area contributed by atoms with Crippen LogP contribution in [0.25, 0.3) is 0 Å². The van der Waals surface area contributed by atoms with Gasteiger partial charge in [0.1, 0.15) is 6.04 Å². The highest BCUT2D eigenvalue weighted by molar-refractivity contribution is 7.14. The Balaban J connectivity index is 2.10. The Morgan fingerprint density at radius 3 is 2.63 bits per heavy atom. The van der Waals surface area contributed by atoms with Gasteiger partial charge >= 0.3 is 5.97 Å². The fourth-order valence-electron chi connectivity index (χ4n) is 2.29. The lowest BCUT2D eigenvalue weighted by molar-refractivity contribution is -0.138. The van der Waals surface area contributed by atoms with Crippen LogP contribution in [0, 0.1) is 0 Å². The van der Waals surface area contributed by atoms with E-state index in [1.54, 1.807) is 0 Å². The molecule has 0 bridgehead atoms. The van der Waals surface area contributed by atoms with Crippen molar-refractivity contribution in [3.05, 3.63) is 21.4 Å². The zero-order valence-electron chi connectivity index (χ0n) is 11.1. The van der Waals surface area contributed by atoms with E-state index < -0.39 is 12.0 Å². The molecule has 1 aromatic heterocycles. The van der Waals surface area contributed by atoms with Crippen LogP contribution in [0.1, 0.15) is 52.7 Å². The summed E-state index contributed by atoms with van der Waals surface area (Å²) in [6, 6.07) is 1.09. The van der Waals surface area contributed by atoms with E-state index in [-0.39, 0.29) is 5.91 Å². The molecule has 1 aliphatic rings. The lowest BCUT2D eigenvalue weighted by atomic mass is 10.00. The second-order valence-electron chi connectivity index (χ2n) is 5.01. The third-order valence-electron chi connectivity index (χ3n) is 3.44. The van der Waals surface area contributed by atoms with Crippen molar-refractivity contribution < 1.29 is 14.7 Å². The molecule has 2 rings (SSSR count). The highest BCUT2D eigenvalue weighted by Crippen LogP contribution is 2.28. The highest BCUT2D eigenvalue weighted by atomic mass is 32.1. The first-order valence-electron chi connectivity index (χ1n) is 6.73. The van der Waals surface area contributed by atoms with Crippen molar-refractivity contribution in [3.8, 4) is 0 Å². The summed E-state index contributed by atoms with van der Waals surface area (Å²) < 4.78 is 0. The summed E-state index contributed by atoms with van der Waals surface area (Å²) >= 11 is 1.51. The van der Waals surface area contributed by atoms with Gasteiger partial charge in [0.15, 0.2) is 0 Å². The summed E-state index contributed by atoms with van der Waals surface area (Å²) in [5, 5.41) is 11.3. The number of carbonyl (C=O) groups excluding carboxylic acids is 1. The van der Waals surface area contributed by atoms with Crippen LogP contribution in [0.3, 0.4) is 0 Å². The van der Waals surface area contributed by atoms with Crippen LogP contribution < -0.4 is 5.32 Å². The molecule has 0 unspecified atom stereocenters. The number of carbonyl (C=O) groups is 2. The van der Waals surface area contributed by atoms with Crippen molar-refractivity contribution in [1.29, 1.82) is 0 Å². The summed E-state index contributed by atoms with van der Waals surface area (Å²) in [4.78, 5) is 24.7. The molecule has 0 radical (unpaired) electrons. The van der Waals surface area contributed by atoms with Gasteiger partial charge in [-0.15, -0.1) is 11.3 Å². The molecule has 1 heterocycles. The fraction of sp³-hybridized carbons (Fsp3) is 0.571. The number of thiophene rings is 1. The maximum absolute atomic E-state index is 12.0. The average Bonchev–Trinajstić information content (AvgIpc) is 2.71. The average molecular weight is 281 g/mol. The van der Waals surface area contributed by atoms with Gasteiger partial charge in [-0.25, -0.2) is 0 Å². The Kier molecular flexibility index (Phi) is 4.58. The number of amides is 1. The van der Waals surface area contributed by atoms with Crippen LogP contribution in [0.5, 0.6) is 0 Å². The lowest BCUT2D eigenvalue weighted by Crippen LogP contribution is -2.37. The van der Waals surface area contributed by atoms with Crippen LogP contribution in [-0.2, 0) is 17.6 Å². The number of aryl methyl sites for hydroxylation is 2. The number of rotatable bonds is 3. The molecule has 0 fully saturated rings. The molecule has 4 nitrogen and oxygen atoms in total. The molecule has 5 heteroatoms. The molecule has 104 valence electrons. The molecule has 2 N–H and O–H groups in total. The zero-order valence-corrected chi connectivity index (χ0v) is 11.9. The van der Waals surface area contributed by atoms with Crippen LogP contribution in [0.15, 0.2) is 6.07 Å². The Labute approximate surface area is 116 Å². The molecule has 0 saturated carbocycles. The molecule has 0 spiro atoms. The predicted molar refractivity (Wildman–Crippen MR) is 74.8 cm³/mol. The summed E-state index contributed by atoms with van der Waals surface area (Å²) in [5.41, 5.74) is 1.28. The topological polar surface area (TPSA) is 66.4 Å². The maximum atomic E-state index is 12.0. The molecule has 0 saturated heterocycles. The highest BCUT2D eigenvalue weighted by Gasteiger charge is 2.19. The fourth-order valence-corrected chi connectivity index (χ4v) is 3.44. The second kappa shape index (κ2) is 6.19. The molecule has 0 aromatic carbocycles. The number of hydrogen-bond acceptors (Lipinski definition) is 3. The number of nitrogens with one attached hydrogen (secondary N) is 1. The smallest absolute Gasteiger partial charge is 0.325 e. The van der Waals surface area contributed by atoms with Crippen molar-refractivity contribution >= 4 is 23.2 Å². The molecule has 19 heavy (non-hydrogen) atoms. The minimum atomic E-state index is -1.01. The van der Waals surface area contributed by atoms with E-state index in [2.05, 4.69) is 5.32 Å². The number of carboxylic acid groups (broad SMARTS) is 1. The van der Waals surface area contributed by atoms with Gasteiger partial charge in [-0.05, 0) is 44.2 Å². The quantitative estimate of drug-likeness (QED) is 0.895. The molecular weight excluding hydrogens is 262 g/mol. The Hall–Kier alpha value is -1.36. The number of aliphatic carboxylic acids is 1. The summed E-state index contributed by atoms with van der Waals surface area (Å²) in [7, 11) is 0. The zero-order chi connectivity index (χ0) is 13.8. The SMILES string of the molecule is C[C@@H](NC(=O)c1cc2c(s1)CCCCCC2)C(=O)O. The van der Waals surface area contributed by atoms with Gasteiger partial charge in [0.25, 0.3) is 5.91 Å². The van der Waals surface area contributed by atoms with E-state index in [1.165, 1.54) is 54.4 Å². The summed E-state index contributed by atoms with van der Waals surface area (Å²) in [6.45, 7) is 1.48. The molecule has 1 amide bonds. The van der Waals surface area contributed by atoms with Crippen LogP contribution in [-0.4, -0.2) is 23.0 Å². The Bertz CT molecular complexity index is 456. The van der Waals surface area contributed by atoms with Crippen molar-refractivity contribution in [2.45, 2.75) is 51.5 Å². The first-order valence-corrected chi connectivity index (χ1v) is 7.55. The van der Waals surface area contributed by atoms with E-state index >= 15 is 0 Å². The van der Waals surface area contributed by atoms with Crippen molar-refractivity contribution in [2.75, 3.05) is 0 Å². The first kappa shape index (κ1) is 14.1. The number of hydrogen-bond donors (Lipinski definition) is 2. The van der Waals surface area contributed by atoms with E-state index in [0.29, 0.717) is 4.88 Å². The number of fused-ring (bicyclic) bond motifs is 1. The van der Waals surface area contributed by atoms with Crippen molar-refractivity contribution in [2.24, 2.45) is 0 Å². The lowest BCUT2D eigenvalue weighted by Gasteiger charge is -2.07. The summed E-state index contributed by atoms with van der Waals surface area (Å²) in [5.74, 6) is -1.28. The molecule has 1 aliphatic carbocycles. The van der Waals surface area contributed by atoms with E-state index in [9.17, 15) is 9.59 Å². The maximum Gasteiger partial charge on any atom is 0.325 e. The Morgan fingerprint density at radius 1 is 1.26 bits per heavy atom. The molecular formula is C14H19NO3S. The van der Waals surface area contributed by atoms with Gasteiger partial charge in [0, 0.05) is 4.88 Å². The van der Waals surface area contributed by atoms with Crippen LogP contribution in [0.2, 0.25) is 0 Å². The first-order chi connectivity index (χ1) is 9.08. The third kappa shape index (κ3) is 3.56. The largest absolute Gasteiger partial charge is 0.480 e. The van der Waals surface area contributed by atoms with E-state index in [1.807, 2.05) is 6.07 Å². The number of carboxylic acids is 1. The minimum Gasteiger partial charge on any atom is -0.480 e. The second-order valence-corrected chi connectivity index (χ2v) is 6.14. The monoisotopic (exact) mass is 281 g/mol. The van der Waals surface area contributed by atoms with E-state index in [0.717, 1.165) is 12.8 Å². The van der Waals surface area contributed by atoms with Crippen molar-refractivity contribution in [1.82, 2.24) is 5.32 Å². The molecule has 1 atom stereocenters. The van der Waals surface area contributed by atoms with Crippen LogP contribution in [0.4, 0.5) is 0 Å². The van der Waals surface area contributed by atoms with E-state index in [4.69, 9.17) is 5.11 Å². The molecule has 1 aromatic rings. The van der Waals surface area contributed by atoms with Gasteiger partial charge < -0.3 is 10.4 Å². The van der Waals surface area contributed by atoms with Gasteiger partial charge in [0.05, 0.1) is 4.88 Å². The predicted octanol–water partition coefficient (Wildman–Crippen LogP) is 2.61. The third-order valence-corrected chi connectivity index (χ3v) is 4.67.